The third kappa shape index (κ3) is 3.91. The van der Waals surface area contributed by atoms with Crippen molar-refractivity contribution in [3.8, 4) is 11.4 Å². The molecule has 4 heterocycles. The summed E-state index contributed by atoms with van der Waals surface area (Å²) in [5, 5.41) is 8.06. The van der Waals surface area contributed by atoms with Gasteiger partial charge in [-0.05, 0) is 30.8 Å². The van der Waals surface area contributed by atoms with Gasteiger partial charge in [0.2, 0.25) is 17.6 Å². The maximum Gasteiger partial charge on any atom is 0.241 e. The van der Waals surface area contributed by atoms with Crippen LogP contribution in [-0.2, 0) is 16.1 Å². The summed E-state index contributed by atoms with van der Waals surface area (Å²) in [6.45, 7) is 5.04. The second-order valence-electron chi connectivity index (χ2n) is 6.54. The van der Waals surface area contributed by atoms with Gasteiger partial charge in [-0.15, -0.1) is 0 Å². The smallest absolute Gasteiger partial charge is 0.241 e. The van der Waals surface area contributed by atoms with Crippen molar-refractivity contribution < 1.29 is 14.1 Å². The molecule has 0 bridgehead atoms. The molecular formula is C17H22N4O3S. The molecule has 25 heavy (non-hydrogen) atoms. The van der Waals surface area contributed by atoms with E-state index in [1.165, 1.54) is 0 Å². The van der Waals surface area contributed by atoms with Gasteiger partial charge in [0, 0.05) is 30.6 Å². The number of carbonyl (C=O) groups is 1. The lowest BCUT2D eigenvalue weighted by Gasteiger charge is -2.35. The van der Waals surface area contributed by atoms with E-state index in [4.69, 9.17) is 9.26 Å². The van der Waals surface area contributed by atoms with Gasteiger partial charge in [0.05, 0.1) is 25.7 Å². The first-order valence-corrected chi connectivity index (χ1v) is 9.68. The summed E-state index contributed by atoms with van der Waals surface area (Å²) in [5.41, 5.74) is 0.985. The number of hydrogen-bond acceptors (Lipinski definition) is 7. The molecule has 1 unspecified atom stereocenters. The fourth-order valence-electron chi connectivity index (χ4n) is 3.46. The molecule has 2 aliphatic heterocycles. The van der Waals surface area contributed by atoms with E-state index in [9.17, 15) is 4.79 Å². The molecule has 8 heteroatoms. The van der Waals surface area contributed by atoms with E-state index in [1.807, 2.05) is 21.7 Å². The predicted molar refractivity (Wildman–Crippen MR) is 93.0 cm³/mol. The van der Waals surface area contributed by atoms with Crippen LogP contribution in [0.1, 0.15) is 18.7 Å². The van der Waals surface area contributed by atoms with Crippen LogP contribution in [-0.4, -0.2) is 65.2 Å². The Hall–Kier alpha value is -1.77. The summed E-state index contributed by atoms with van der Waals surface area (Å²) >= 11 is 1.61. The predicted octanol–water partition coefficient (Wildman–Crippen LogP) is 1.87. The molecule has 0 aromatic carbocycles. The molecule has 1 amide bonds. The number of piperidine rings is 1. The first kappa shape index (κ1) is 16.7. The van der Waals surface area contributed by atoms with Crippen LogP contribution in [0.4, 0.5) is 0 Å². The molecule has 2 aliphatic rings. The van der Waals surface area contributed by atoms with Crippen LogP contribution < -0.4 is 0 Å². The Morgan fingerprint density at radius 3 is 3.00 bits per heavy atom. The van der Waals surface area contributed by atoms with Crippen LogP contribution in [0, 0.1) is 5.92 Å². The maximum atomic E-state index is 12.7. The van der Waals surface area contributed by atoms with Gasteiger partial charge in [0.25, 0.3) is 0 Å². The van der Waals surface area contributed by atoms with Gasteiger partial charge < -0.3 is 14.2 Å². The third-order valence-corrected chi connectivity index (χ3v) is 5.47. The Balaban J connectivity index is 1.36. The fraction of sp³-hybridized carbons (Fsp3) is 0.588. The molecule has 134 valence electrons. The summed E-state index contributed by atoms with van der Waals surface area (Å²) < 4.78 is 10.7. The van der Waals surface area contributed by atoms with Crippen molar-refractivity contribution in [3.63, 3.8) is 0 Å². The van der Waals surface area contributed by atoms with E-state index in [0.717, 1.165) is 31.5 Å². The first-order valence-electron chi connectivity index (χ1n) is 8.73. The van der Waals surface area contributed by atoms with Gasteiger partial charge in [0.15, 0.2) is 0 Å². The Labute approximate surface area is 150 Å². The van der Waals surface area contributed by atoms with Crippen molar-refractivity contribution >= 4 is 17.2 Å². The Morgan fingerprint density at radius 2 is 2.20 bits per heavy atom. The highest BCUT2D eigenvalue weighted by molar-refractivity contribution is 7.08. The standard InChI is InChI=1S/C17H22N4O3S/c22-17(21-5-7-23-8-6-21)13-2-1-4-20(10-13)11-15-18-16(19-24-15)14-3-9-25-12-14/h3,9,12-13H,1-2,4-8,10-11H2. The van der Waals surface area contributed by atoms with Gasteiger partial charge >= 0.3 is 0 Å². The number of carbonyl (C=O) groups excluding carboxylic acids is 1. The van der Waals surface area contributed by atoms with Crippen LogP contribution in [0.5, 0.6) is 0 Å². The van der Waals surface area contributed by atoms with Crippen LogP contribution in [0.15, 0.2) is 21.3 Å². The number of aromatic nitrogens is 2. The largest absolute Gasteiger partial charge is 0.378 e. The molecule has 2 saturated heterocycles. The molecule has 7 nitrogen and oxygen atoms in total. The number of ether oxygens (including phenoxy) is 1. The molecule has 0 aliphatic carbocycles. The average molecular weight is 362 g/mol. The zero-order valence-corrected chi connectivity index (χ0v) is 14.9. The van der Waals surface area contributed by atoms with Crippen molar-refractivity contribution in [3.05, 3.63) is 22.7 Å². The van der Waals surface area contributed by atoms with Crippen molar-refractivity contribution in [1.82, 2.24) is 19.9 Å². The van der Waals surface area contributed by atoms with E-state index >= 15 is 0 Å². The number of morpholine rings is 1. The number of rotatable bonds is 4. The normalized spacial score (nSPS) is 22.2. The molecule has 2 aromatic heterocycles. The summed E-state index contributed by atoms with van der Waals surface area (Å²) in [4.78, 5) is 21.4. The number of nitrogens with zero attached hydrogens (tertiary/aromatic N) is 4. The molecule has 1 atom stereocenters. The second kappa shape index (κ2) is 7.63. The lowest BCUT2D eigenvalue weighted by Crippen LogP contribution is -2.48. The van der Waals surface area contributed by atoms with Crippen LogP contribution >= 0.6 is 11.3 Å². The minimum absolute atomic E-state index is 0.0612. The molecule has 2 aromatic rings. The summed E-state index contributed by atoms with van der Waals surface area (Å²) in [6, 6.07) is 1.98. The molecule has 4 rings (SSSR count). The third-order valence-electron chi connectivity index (χ3n) is 4.78. The van der Waals surface area contributed by atoms with Crippen molar-refractivity contribution in [1.29, 1.82) is 0 Å². The maximum absolute atomic E-state index is 12.7. The Kier molecular flexibility index (Phi) is 5.09. The Bertz CT molecular complexity index is 697. The quantitative estimate of drug-likeness (QED) is 0.827. The van der Waals surface area contributed by atoms with Gasteiger partial charge in [0.1, 0.15) is 0 Å². The molecule has 2 fully saturated rings. The fourth-order valence-corrected chi connectivity index (χ4v) is 4.10. The molecule has 0 radical (unpaired) electrons. The second-order valence-corrected chi connectivity index (χ2v) is 7.32. The highest BCUT2D eigenvalue weighted by Crippen LogP contribution is 2.22. The number of hydrogen-bond donors (Lipinski definition) is 0. The van der Waals surface area contributed by atoms with Gasteiger partial charge in [-0.2, -0.15) is 16.3 Å². The lowest BCUT2D eigenvalue weighted by molar-refractivity contribution is -0.141. The van der Waals surface area contributed by atoms with E-state index in [2.05, 4.69) is 15.0 Å². The Morgan fingerprint density at radius 1 is 1.32 bits per heavy atom. The van der Waals surface area contributed by atoms with Crippen molar-refractivity contribution in [2.24, 2.45) is 5.92 Å². The molecular weight excluding hydrogens is 340 g/mol. The average Bonchev–Trinajstić information content (AvgIpc) is 3.34. The number of thiophene rings is 1. The van der Waals surface area contributed by atoms with E-state index in [1.54, 1.807) is 11.3 Å². The SMILES string of the molecule is O=C(C1CCCN(Cc2nc(-c3ccsc3)no2)C1)N1CCOCC1. The monoisotopic (exact) mass is 362 g/mol. The minimum Gasteiger partial charge on any atom is -0.378 e. The summed E-state index contributed by atoms with van der Waals surface area (Å²) in [6.07, 6.45) is 1.98. The van der Waals surface area contributed by atoms with Crippen LogP contribution in [0.2, 0.25) is 0 Å². The highest BCUT2D eigenvalue weighted by atomic mass is 32.1. The van der Waals surface area contributed by atoms with Crippen LogP contribution in [0.3, 0.4) is 0 Å². The highest BCUT2D eigenvalue weighted by Gasteiger charge is 2.30. The van der Waals surface area contributed by atoms with E-state index < -0.39 is 0 Å². The van der Waals surface area contributed by atoms with Gasteiger partial charge in [-0.25, -0.2) is 0 Å². The molecule has 0 saturated carbocycles. The van der Waals surface area contributed by atoms with Crippen molar-refractivity contribution in [2.75, 3.05) is 39.4 Å². The van der Waals surface area contributed by atoms with Crippen LogP contribution in [0.25, 0.3) is 11.4 Å². The lowest BCUT2D eigenvalue weighted by atomic mass is 9.96. The minimum atomic E-state index is 0.0612. The number of amides is 1. The van der Waals surface area contributed by atoms with Gasteiger partial charge in [-0.1, -0.05) is 5.16 Å². The molecule has 0 spiro atoms. The van der Waals surface area contributed by atoms with E-state index in [0.29, 0.717) is 44.6 Å². The topological polar surface area (TPSA) is 71.7 Å². The first-order chi connectivity index (χ1) is 12.3. The summed E-state index contributed by atoms with van der Waals surface area (Å²) in [7, 11) is 0. The van der Waals surface area contributed by atoms with Crippen molar-refractivity contribution in [2.45, 2.75) is 19.4 Å². The van der Waals surface area contributed by atoms with Gasteiger partial charge in [-0.3, -0.25) is 9.69 Å². The summed E-state index contributed by atoms with van der Waals surface area (Å²) in [5.74, 6) is 1.57. The van der Waals surface area contributed by atoms with E-state index in [-0.39, 0.29) is 11.8 Å². The number of likely N-dealkylation sites (tertiary alicyclic amines) is 1. The zero-order chi connectivity index (χ0) is 17.1. The zero-order valence-electron chi connectivity index (χ0n) is 14.1. The molecule has 0 N–H and O–H groups in total.